The van der Waals surface area contributed by atoms with E-state index in [1.807, 2.05) is 12.1 Å². The van der Waals surface area contributed by atoms with Crippen LogP contribution in [0.2, 0.25) is 0 Å². The Hall–Kier alpha value is -2.07. The maximum atomic E-state index is 12.3. The summed E-state index contributed by atoms with van der Waals surface area (Å²) in [5.74, 6) is 0.103. The van der Waals surface area contributed by atoms with Crippen LogP contribution in [0.4, 0.5) is 0 Å². The Labute approximate surface area is 117 Å². The highest BCUT2D eigenvalue weighted by atomic mass is 16.5. The zero-order chi connectivity index (χ0) is 13.9. The number of aromatic hydroxyl groups is 1. The van der Waals surface area contributed by atoms with Crippen molar-refractivity contribution in [3.63, 3.8) is 0 Å². The fourth-order valence-electron chi connectivity index (χ4n) is 2.58. The number of hydrogen-bond donors (Lipinski definition) is 2. The summed E-state index contributed by atoms with van der Waals surface area (Å²) in [4.78, 5) is 12.3. The van der Waals surface area contributed by atoms with Gasteiger partial charge in [-0.3, -0.25) is 4.79 Å². The topological polar surface area (TPSA) is 58.6 Å². The van der Waals surface area contributed by atoms with Gasteiger partial charge in [-0.1, -0.05) is 12.1 Å². The van der Waals surface area contributed by atoms with Gasteiger partial charge >= 0.3 is 0 Å². The third-order valence-electron chi connectivity index (χ3n) is 3.62. The number of rotatable bonds is 3. The molecule has 0 spiro atoms. The summed E-state index contributed by atoms with van der Waals surface area (Å²) in [5.41, 5.74) is 0.625. The molecule has 1 saturated heterocycles. The second-order valence-electron chi connectivity index (χ2n) is 5.06. The lowest BCUT2D eigenvalue weighted by Crippen LogP contribution is -2.31. The largest absolute Gasteiger partial charge is 0.508 e. The average molecular weight is 271 g/mol. The van der Waals surface area contributed by atoms with E-state index in [4.69, 9.17) is 4.74 Å². The normalized spacial score (nSPS) is 18.3. The third kappa shape index (κ3) is 2.60. The minimum atomic E-state index is -0.100. The number of carbonyl (C=O) groups excluding carboxylic acids is 1. The number of ether oxygens (including phenoxy) is 1. The molecular weight excluding hydrogens is 254 g/mol. The van der Waals surface area contributed by atoms with E-state index in [0.717, 1.165) is 30.2 Å². The Morgan fingerprint density at radius 3 is 3.05 bits per heavy atom. The summed E-state index contributed by atoms with van der Waals surface area (Å²) in [7, 11) is 0. The van der Waals surface area contributed by atoms with Crippen LogP contribution in [-0.4, -0.2) is 30.3 Å². The number of phenols is 1. The summed E-state index contributed by atoms with van der Waals surface area (Å²) in [5, 5.41) is 14.1. The average Bonchev–Trinajstić information content (AvgIpc) is 2.97. The molecule has 0 aromatic heterocycles. The van der Waals surface area contributed by atoms with Gasteiger partial charge in [0, 0.05) is 18.7 Å². The van der Waals surface area contributed by atoms with E-state index in [2.05, 4.69) is 5.32 Å². The number of amides is 1. The maximum Gasteiger partial charge on any atom is 0.252 e. The Balaban J connectivity index is 1.80. The molecule has 1 atom stereocenters. The number of fused-ring (bicyclic) bond motifs is 1. The smallest absolute Gasteiger partial charge is 0.252 e. The van der Waals surface area contributed by atoms with Crippen molar-refractivity contribution in [2.45, 2.75) is 18.9 Å². The van der Waals surface area contributed by atoms with E-state index in [-0.39, 0.29) is 17.8 Å². The highest BCUT2D eigenvalue weighted by Gasteiger charge is 2.17. The lowest BCUT2D eigenvalue weighted by molar-refractivity contribution is 0.0859. The van der Waals surface area contributed by atoms with Gasteiger partial charge in [0.2, 0.25) is 0 Å². The van der Waals surface area contributed by atoms with Crippen LogP contribution in [0.3, 0.4) is 0 Å². The molecule has 2 aromatic carbocycles. The van der Waals surface area contributed by atoms with Crippen LogP contribution < -0.4 is 5.32 Å². The van der Waals surface area contributed by atoms with Gasteiger partial charge in [0.25, 0.3) is 5.91 Å². The Morgan fingerprint density at radius 1 is 1.35 bits per heavy atom. The van der Waals surface area contributed by atoms with Crippen molar-refractivity contribution in [1.29, 1.82) is 0 Å². The van der Waals surface area contributed by atoms with E-state index in [1.165, 1.54) is 0 Å². The van der Waals surface area contributed by atoms with Crippen molar-refractivity contribution in [2.75, 3.05) is 13.2 Å². The summed E-state index contributed by atoms with van der Waals surface area (Å²) in [6.45, 7) is 1.33. The molecule has 4 heteroatoms. The first-order valence-corrected chi connectivity index (χ1v) is 6.85. The first-order chi connectivity index (χ1) is 9.74. The lowest BCUT2D eigenvalue weighted by Gasteiger charge is -2.12. The predicted molar refractivity (Wildman–Crippen MR) is 76.9 cm³/mol. The first-order valence-electron chi connectivity index (χ1n) is 6.85. The molecule has 2 aromatic rings. The number of benzene rings is 2. The van der Waals surface area contributed by atoms with Gasteiger partial charge in [-0.2, -0.15) is 0 Å². The van der Waals surface area contributed by atoms with Gasteiger partial charge in [-0.05, 0) is 47.9 Å². The fraction of sp³-hybridized carbons (Fsp3) is 0.312. The SMILES string of the molecule is O=C(NC[C@H]1CCCO1)c1cccc2cc(O)ccc12. The minimum absolute atomic E-state index is 0.100. The van der Waals surface area contributed by atoms with Crippen LogP contribution in [0.5, 0.6) is 5.75 Å². The molecule has 1 fully saturated rings. The zero-order valence-electron chi connectivity index (χ0n) is 11.1. The lowest BCUT2D eigenvalue weighted by atomic mass is 10.0. The summed E-state index contributed by atoms with van der Waals surface area (Å²) in [6.07, 6.45) is 2.20. The summed E-state index contributed by atoms with van der Waals surface area (Å²) < 4.78 is 5.49. The molecule has 0 saturated carbocycles. The van der Waals surface area contributed by atoms with E-state index >= 15 is 0 Å². The minimum Gasteiger partial charge on any atom is -0.508 e. The Kier molecular flexibility index (Phi) is 3.56. The van der Waals surface area contributed by atoms with E-state index in [1.54, 1.807) is 24.3 Å². The van der Waals surface area contributed by atoms with Crippen LogP contribution in [0.25, 0.3) is 10.8 Å². The number of nitrogens with one attached hydrogen (secondary N) is 1. The quantitative estimate of drug-likeness (QED) is 0.901. The molecule has 0 aliphatic carbocycles. The van der Waals surface area contributed by atoms with Crippen molar-refractivity contribution < 1.29 is 14.6 Å². The van der Waals surface area contributed by atoms with Gasteiger partial charge in [0.05, 0.1) is 6.10 Å². The highest BCUT2D eigenvalue weighted by molar-refractivity contribution is 6.07. The monoisotopic (exact) mass is 271 g/mol. The van der Waals surface area contributed by atoms with Gasteiger partial charge in [-0.15, -0.1) is 0 Å². The Bertz CT molecular complexity index is 633. The van der Waals surface area contributed by atoms with Crippen molar-refractivity contribution in [3.05, 3.63) is 42.0 Å². The third-order valence-corrected chi connectivity index (χ3v) is 3.62. The molecule has 104 valence electrons. The van der Waals surface area contributed by atoms with Crippen molar-refractivity contribution in [2.24, 2.45) is 0 Å². The van der Waals surface area contributed by atoms with Crippen LogP contribution in [0.1, 0.15) is 23.2 Å². The molecule has 1 amide bonds. The molecular formula is C16H17NO3. The van der Waals surface area contributed by atoms with Gasteiger partial charge < -0.3 is 15.2 Å². The second-order valence-corrected chi connectivity index (χ2v) is 5.06. The molecule has 1 aliphatic rings. The van der Waals surface area contributed by atoms with Crippen LogP contribution in [-0.2, 0) is 4.74 Å². The van der Waals surface area contributed by atoms with Gasteiger partial charge in [0.1, 0.15) is 5.75 Å². The Morgan fingerprint density at radius 2 is 2.25 bits per heavy atom. The van der Waals surface area contributed by atoms with E-state index < -0.39 is 0 Å². The first kappa shape index (κ1) is 12.9. The second kappa shape index (κ2) is 5.51. The molecule has 1 heterocycles. The van der Waals surface area contributed by atoms with Crippen LogP contribution in [0.15, 0.2) is 36.4 Å². The maximum absolute atomic E-state index is 12.3. The molecule has 4 nitrogen and oxygen atoms in total. The van der Waals surface area contributed by atoms with Crippen molar-refractivity contribution in [1.82, 2.24) is 5.32 Å². The molecule has 20 heavy (non-hydrogen) atoms. The molecule has 0 bridgehead atoms. The summed E-state index contributed by atoms with van der Waals surface area (Å²) in [6, 6.07) is 10.5. The van der Waals surface area contributed by atoms with Crippen molar-refractivity contribution >= 4 is 16.7 Å². The van der Waals surface area contributed by atoms with Gasteiger partial charge in [-0.25, -0.2) is 0 Å². The number of hydrogen-bond acceptors (Lipinski definition) is 3. The fourth-order valence-corrected chi connectivity index (χ4v) is 2.58. The molecule has 3 rings (SSSR count). The summed E-state index contributed by atoms with van der Waals surface area (Å²) >= 11 is 0. The van der Waals surface area contributed by atoms with Crippen LogP contribution in [0, 0.1) is 0 Å². The molecule has 0 unspecified atom stereocenters. The molecule has 1 aliphatic heterocycles. The molecule has 0 radical (unpaired) electrons. The molecule has 2 N–H and O–H groups in total. The zero-order valence-corrected chi connectivity index (χ0v) is 11.1. The van der Waals surface area contributed by atoms with Gasteiger partial charge in [0.15, 0.2) is 0 Å². The van der Waals surface area contributed by atoms with Crippen molar-refractivity contribution in [3.8, 4) is 5.75 Å². The van der Waals surface area contributed by atoms with E-state index in [0.29, 0.717) is 12.1 Å². The predicted octanol–water partition coefficient (Wildman–Crippen LogP) is 2.45. The number of phenolic OH excluding ortho intramolecular Hbond substituents is 1. The highest BCUT2D eigenvalue weighted by Crippen LogP contribution is 2.23. The van der Waals surface area contributed by atoms with Crippen LogP contribution >= 0.6 is 0 Å². The standard InChI is InChI=1S/C16H17NO3/c18-12-6-7-14-11(9-12)3-1-5-15(14)16(19)17-10-13-4-2-8-20-13/h1,3,5-7,9,13,18H,2,4,8,10H2,(H,17,19)/t13-/m1/s1. The number of carbonyl (C=O) groups is 1. The van der Waals surface area contributed by atoms with E-state index in [9.17, 15) is 9.90 Å².